The first-order chi connectivity index (χ1) is 23.6. The quantitative estimate of drug-likeness (QED) is 0.196. The van der Waals surface area contributed by atoms with Crippen LogP contribution in [-0.4, -0.2) is 86.0 Å². The van der Waals surface area contributed by atoms with E-state index >= 15 is 0 Å². The molecule has 0 radical (unpaired) electrons. The highest BCUT2D eigenvalue weighted by Crippen LogP contribution is 2.34. The van der Waals surface area contributed by atoms with E-state index < -0.39 is 9.04 Å². The highest BCUT2D eigenvalue weighted by Gasteiger charge is 2.26. The standard InChI is InChI=1S/C36H40N8O3Si/c1-45-35-20-30(42-13-11-29(12-14-42)43-15-17-46-18-16-43)9-10-32(35)41-36-38-22-28(23-39-36)26-7-8-27(21-37)34(19-26)47-48(2)25-44-24-40-31-5-3-4-6-33(31)44/h3-10,19-20,22-24,29,48H,11-18,25H2,1-2H3,(H,38,39,41). The summed E-state index contributed by atoms with van der Waals surface area (Å²) >= 11 is 0. The second kappa shape index (κ2) is 14.4. The summed E-state index contributed by atoms with van der Waals surface area (Å²) in [5.74, 6) is 1.79. The first kappa shape index (κ1) is 31.6. The number of imidazole rings is 1. The van der Waals surface area contributed by atoms with Gasteiger partial charge < -0.3 is 28.7 Å². The van der Waals surface area contributed by atoms with Crippen molar-refractivity contribution in [1.82, 2.24) is 24.4 Å². The van der Waals surface area contributed by atoms with E-state index in [1.165, 1.54) is 0 Å². The number of para-hydroxylation sites is 2. The maximum absolute atomic E-state index is 9.78. The van der Waals surface area contributed by atoms with Gasteiger partial charge >= 0.3 is 0 Å². The largest absolute Gasteiger partial charge is 0.544 e. The number of fused-ring (bicyclic) bond motifs is 1. The highest BCUT2D eigenvalue weighted by molar-refractivity contribution is 6.49. The summed E-state index contributed by atoms with van der Waals surface area (Å²) in [4.78, 5) is 18.7. The monoisotopic (exact) mass is 660 g/mol. The van der Waals surface area contributed by atoms with Crippen molar-refractivity contribution in [3.05, 3.63) is 84.9 Å². The third kappa shape index (κ3) is 6.99. The van der Waals surface area contributed by atoms with Crippen LogP contribution in [0.4, 0.5) is 17.3 Å². The number of methoxy groups -OCH3 is 1. The normalized spacial score (nSPS) is 16.4. The molecule has 2 saturated heterocycles. The predicted molar refractivity (Wildman–Crippen MR) is 189 cm³/mol. The van der Waals surface area contributed by atoms with Crippen molar-refractivity contribution in [2.45, 2.75) is 31.6 Å². The zero-order valence-electron chi connectivity index (χ0n) is 27.4. The molecule has 5 aromatic rings. The van der Waals surface area contributed by atoms with Gasteiger partial charge in [0.25, 0.3) is 9.04 Å². The Morgan fingerprint density at radius 3 is 2.50 bits per heavy atom. The fourth-order valence-electron chi connectivity index (χ4n) is 6.65. The van der Waals surface area contributed by atoms with Crippen LogP contribution in [0.3, 0.4) is 0 Å². The van der Waals surface area contributed by atoms with E-state index in [9.17, 15) is 5.26 Å². The molecule has 0 bridgehead atoms. The molecule has 1 atom stereocenters. The Balaban J connectivity index is 0.997. The maximum Gasteiger partial charge on any atom is 0.251 e. The number of nitrogens with one attached hydrogen (secondary N) is 1. The molecule has 0 amide bonds. The molecule has 0 spiro atoms. The van der Waals surface area contributed by atoms with Gasteiger partial charge in [0.1, 0.15) is 17.6 Å². The second-order valence-corrected chi connectivity index (χ2v) is 14.5. The lowest BCUT2D eigenvalue weighted by molar-refractivity contribution is 0.0115. The van der Waals surface area contributed by atoms with Crippen molar-refractivity contribution in [3.8, 4) is 28.7 Å². The summed E-state index contributed by atoms with van der Waals surface area (Å²) in [7, 11) is -0.0698. The Bertz CT molecular complexity index is 1900. The van der Waals surface area contributed by atoms with Crippen LogP contribution in [0, 0.1) is 11.3 Å². The minimum absolute atomic E-state index is 0.467. The number of piperidine rings is 1. The Morgan fingerprint density at radius 2 is 1.73 bits per heavy atom. The third-order valence-electron chi connectivity index (χ3n) is 9.22. The van der Waals surface area contributed by atoms with Crippen LogP contribution in [0.15, 0.2) is 79.4 Å². The Labute approximate surface area is 282 Å². The first-order valence-electron chi connectivity index (χ1n) is 16.5. The van der Waals surface area contributed by atoms with Gasteiger partial charge in [-0.05, 0) is 61.4 Å². The number of rotatable bonds is 10. The lowest BCUT2D eigenvalue weighted by Gasteiger charge is -2.40. The number of nitrogens with zero attached hydrogens (tertiary/aromatic N) is 7. The van der Waals surface area contributed by atoms with Gasteiger partial charge in [0.2, 0.25) is 5.95 Å². The summed E-state index contributed by atoms with van der Waals surface area (Å²) in [5, 5.41) is 13.1. The number of ether oxygens (including phenoxy) is 2. The maximum atomic E-state index is 9.78. The molecule has 11 nitrogen and oxygen atoms in total. The molecular formula is C36H40N8O3Si. The number of hydrogen-bond donors (Lipinski definition) is 1. The van der Waals surface area contributed by atoms with Crippen LogP contribution in [0.5, 0.6) is 11.5 Å². The minimum atomic E-state index is -1.76. The van der Waals surface area contributed by atoms with E-state index in [1.807, 2.05) is 42.7 Å². The average molecular weight is 661 g/mol. The predicted octanol–water partition coefficient (Wildman–Crippen LogP) is 5.39. The zero-order valence-corrected chi connectivity index (χ0v) is 28.5. The van der Waals surface area contributed by atoms with Crippen LogP contribution in [-0.2, 0) is 10.9 Å². The van der Waals surface area contributed by atoms with Crippen molar-refractivity contribution >= 4 is 37.4 Å². The molecule has 2 fully saturated rings. The molecule has 12 heteroatoms. The second-order valence-electron chi connectivity index (χ2n) is 12.3. The lowest BCUT2D eigenvalue weighted by Crippen LogP contribution is -2.49. The number of benzene rings is 3. The molecule has 4 heterocycles. The molecule has 0 aliphatic carbocycles. The number of anilines is 3. The molecule has 48 heavy (non-hydrogen) atoms. The van der Waals surface area contributed by atoms with Crippen molar-refractivity contribution in [2.75, 3.05) is 56.7 Å². The molecule has 2 aromatic heterocycles. The molecule has 0 saturated carbocycles. The molecule has 7 rings (SSSR count). The number of nitriles is 1. The van der Waals surface area contributed by atoms with Gasteiger partial charge in [0, 0.05) is 61.9 Å². The third-order valence-corrected chi connectivity index (χ3v) is 10.8. The fourth-order valence-corrected chi connectivity index (χ4v) is 8.20. The molecule has 1 unspecified atom stereocenters. The van der Waals surface area contributed by atoms with Gasteiger partial charge in [-0.25, -0.2) is 15.0 Å². The minimum Gasteiger partial charge on any atom is -0.544 e. The van der Waals surface area contributed by atoms with Crippen LogP contribution in [0.25, 0.3) is 22.2 Å². The summed E-state index contributed by atoms with van der Waals surface area (Å²) in [6.45, 7) is 7.93. The van der Waals surface area contributed by atoms with Crippen LogP contribution < -0.4 is 19.4 Å². The average Bonchev–Trinajstić information content (AvgIpc) is 3.55. The van der Waals surface area contributed by atoms with E-state index in [0.717, 1.165) is 97.7 Å². The summed E-state index contributed by atoms with van der Waals surface area (Å²) in [6, 6.07) is 22.8. The Kier molecular flexibility index (Phi) is 9.51. The molecule has 2 aliphatic rings. The van der Waals surface area contributed by atoms with Crippen molar-refractivity contribution in [2.24, 2.45) is 0 Å². The SMILES string of the molecule is COc1cc(N2CCC(N3CCOCC3)CC2)ccc1Nc1ncc(-c2ccc(C#N)c(O[SiH](C)Cn3cnc4ccccc43)c2)cn1. The molecule has 246 valence electrons. The van der Waals surface area contributed by atoms with Gasteiger partial charge in [0.15, 0.2) is 0 Å². The molecule has 2 aliphatic heterocycles. The van der Waals surface area contributed by atoms with Crippen LogP contribution >= 0.6 is 0 Å². The summed E-state index contributed by atoms with van der Waals surface area (Å²) < 4.78 is 19.9. The smallest absolute Gasteiger partial charge is 0.251 e. The van der Waals surface area contributed by atoms with Crippen LogP contribution in [0.1, 0.15) is 18.4 Å². The molecular weight excluding hydrogens is 621 g/mol. The molecule has 3 aromatic carbocycles. The topological polar surface area (TPSA) is 114 Å². The number of hydrogen-bond acceptors (Lipinski definition) is 10. The van der Waals surface area contributed by atoms with E-state index in [1.54, 1.807) is 25.6 Å². The Hall–Kier alpha value is -4.96. The van der Waals surface area contributed by atoms with E-state index in [4.69, 9.17) is 13.9 Å². The Morgan fingerprint density at radius 1 is 0.938 bits per heavy atom. The van der Waals surface area contributed by atoms with Gasteiger partial charge in [-0.3, -0.25) is 4.90 Å². The molecule has 1 N–H and O–H groups in total. The van der Waals surface area contributed by atoms with Gasteiger partial charge in [-0.1, -0.05) is 18.2 Å². The summed E-state index contributed by atoms with van der Waals surface area (Å²) in [6.07, 6.45) is 8.44. The van der Waals surface area contributed by atoms with E-state index in [0.29, 0.717) is 23.3 Å². The number of aromatic nitrogens is 4. The first-order valence-corrected chi connectivity index (χ1v) is 19.0. The highest BCUT2D eigenvalue weighted by atomic mass is 28.3. The van der Waals surface area contributed by atoms with Gasteiger partial charge in [0.05, 0.1) is 55.1 Å². The van der Waals surface area contributed by atoms with E-state index in [2.05, 4.69) is 65.5 Å². The zero-order chi connectivity index (χ0) is 32.9. The van der Waals surface area contributed by atoms with Gasteiger partial charge in [-0.2, -0.15) is 5.26 Å². The summed E-state index contributed by atoms with van der Waals surface area (Å²) in [5.41, 5.74) is 6.21. The van der Waals surface area contributed by atoms with Crippen molar-refractivity contribution < 1.29 is 13.9 Å². The number of morpholine rings is 1. The van der Waals surface area contributed by atoms with Crippen LogP contribution in [0.2, 0.25) is 6.55 Å². The van der Waals surface area contributed by atoms with E-state index in [-0.39, 0.29) is 0 Å². The van der Waals surface area contributed by atoms with Crippen molar-refractivity contribution in [3.63, 3.8) is 0 Å². The van der Waals surface area contributed by atoms with Crippen molar-refractivity contribution in [1.29, 1.82) is 5.26 Å². The van der Waals surface area contributed by atoms with Gasteiger partial charge in [-0.15, -0.1) is 0 Å². The fraction of sp³-hybridized carbons (Fsp3) is 0.333. The lowest BCUT2D eigenvalue weighted by atomic mass is 10.0.